The molecule has 0 amide bonds. The summed E-state index contributed by atoms with van der Waals surface area (Å²) in [6.45, 7) is 4.98. The van der Waals surface area contributed by atoms with Gasteiger partial charge in [-0.2, -0.15) is 0 Å². The molecule has 3 heterocycles. The summed E-state index contributed by atoms with van der Waals surface area (Å²) in [5, 5.41) is 8.34. The summed E-state index contributed by atoms with van der Waals surface area (Å²) in [5.74, 6) is 2.39. The molecule has 1 fully saturated rings. The van der Waals surface area contributed by atoms with E-state index in [1.807, 2.05) is 28.8 Å². The summed E-state index contributed by atoms with van der Waals surface area (Å²) in [6.07, 6.45) is 5.12. The zero-order valence-electron chi connectivity index (χ0n) is 12.4. The molecule has 0 bridgehead atoms. The summed E-state index contributed by atoms with van der Waals surface area (Å²) in [4.78, 5) is 6.68. The van der Waals surface area contributed by atoms with E-state index in [-0.39, 0.29) is 0 Å². The first-order chi connectivity index (χ1) is 10.2. The van der Waals surface area contributed by atoms with Crippen LogP contribution in [0.1, 0.15) is 25.6 Å². The van der Waals surface area contributed by atoms with Crippen molar-refractivity contribution in [3.63, 3.8) is 0 Å². The second-order valence-electron chi connectivity index (χ2n) is 5.70. The summed E-state index contributed by atoms with van der Waals surface area (Å²) in [7, 11) is 0. The number of piperidine rings is 1. The fraction of sp³-hybridized carbons (Fsp3) is 0.533. The van der Waals surface area contributed by atoms with Gasteiger partial charge in [-0.15, -0.1) is 10.2 Å². The monoisotopic (exact) mass is 286 g/mol. The minimum Gasteiger partial charge on any atom is -0.370 e. The Bertz CT molecular complexity index is 624. The first-order valence-corrected chi connectivity index (χ1v) is 7.57. The van der Waals surface area contributed by atoms with Gasteiger partial charge in [0, 0.05) is 32.3 Å². The molecule has 0 saturated carbocycles. The molecule has 0 aromatic carbocycles. The molecule has 2 aromatic heterocycles. The number of guanidine groups is 1. The highest BCUT2D eigenvalue weighted by molar-refractivity contribution is 5.78. The van der Waals surface area contributed by atoms with E-state index in [2.05, 4.69) is 27.0 Å². The molecule has 6 nitrogen and oxygen atoms in total. The van der Waals surface area contributed by atoms with Gasteiger partial charge in [0.05, 0.1) is 0 Å². The maximum atomic E-state index is 6.08. The number of fused-ring (bicyclic) bond motifs is 1. The molecule has 112 valence electrons. The minimum absolute atomic E-state index is 0.646. The van der Waals surface area contributed by atoms with Crippen LogP contribution in [0.15, 0.2) is 29.4 Å². The molecule has 1 aliphatic rings. The van der Waals surface area contributed by atoms with Gasteiger partial charge in [0.25, 0.3) is 0 Å². The zero-order valence-corrected chi connectivity index (χ0v) is 12.4. The number of hydrogen-bond acceptors (Lipinski definition) is 3. The van der Waals surface area contributed by atoms with Crippen LogP contribution in [0.4, 0.5) is 0 Å². The molecule has 1 aliphatic heterocycles. The molecule has 0 spiro atoms. The third kappa shape index (κ3) is 3.15. The molecule has 0 atom stereocenters. The summed E-state index contributed by atoms with van der Waals surface area (Å²) >= 11 is 0. The van der Waals surface area contributed by atoms with Crippen LogP contribution in [0.3, 0.4) is 0 Å². The van der Waals surface area contributed by atoms with Crippen molar-refractivity contribution in [3.8, 4) is 0 Å². The fourth-order valence-electron chi connectivity index (χ4n) is 2.67. The van der Waals surface area contributed by atoms with Crippen LogP contribution in [-0.4, -0.2) is 45.1 Å². The van der Waals surface area contributed by atoms with Crippen LogP contribution >= 0.6 is 0 Å². The van der Waals surface area contributed by atoms with Crippen molar-refractivity contribution in [1.82, 2.24) is 19.5 Å². The summed E-state index contributed by atoms with van der Waals surface area (Å²) in [6, 6.07) is 5.89. The van der Waals surface area contributed by atoms with Crippen LogP contribution in [0.5, 0.6) is 0 Å². The highest BCUT2D eigenvalue weighted by Crippen LogP contribution is 2.15. The molecule has 0 radical (unpaired) electrons. The standard InChI is InChI=1S/C15H22N6/c1-12-6-10-20(11-7-12)15(16)17-8-5-14-19-18-13-4-2-3-9-21(13)14/h2-4,9,12H,5-8,10-11H2,1H3,(H2,16,17). The van der Waals surface area contributed by atoms with Crippen molar-refractivity contribution in [2.45, 2.75) is 26.2 Å². The van der Waals surface area contributed by atoms with Gasteiger partial charge < -0.3 is 10.6 Å². The second kappa shape index (κ2) is 6.11. The van der Waals surface area contributed by atoms with Crippen LogP contribution in [0, 0.1) is 5.92 Å². The van der Waals surface area contributed by atoms with Crippen LogP contribution in [0.25, 0.3) is 5.65 Å². The molecule has 6 heteroatoms. The lowest BCUT2D eigenvalue weighted by Gasteiger charge is -2.31. The number of hydrogen-bond donors (Lipinski definition) is 1. The molecule has 0 aliphatic carbocycles. The smallest absolute Gasteiger partial charge is 0.191 e. The van der Waals surface area contributed by atoms with E-state index < -0.39 is 0 Å². The lowest BCUT2D eigenvalue weighted by atomic mass is 10.00. The SMILES string of the molecule is CC1CCN(C(N)=NCCc2nnc3ccccn23)CC1. The molecule has 2 aromatic rings. The van der Waals surface area contributed by atoms with Crippen LogP contribution < -0.4 is 5.73 Å². The Kier molecular flexibility index (Phi) is 4.03. The first kappa shape index (κ1) is 13.9. The second-order valence-corrected chi connectivity index (χ2v) is 5.70. The van der Waals surface area contributed by atoms with Gasteiger partial charge in [-0.25, -0.2) is 0 Å². The number of nitrogens with two attached hydrogens (primary N) is 1. The number of rotatable bonds is 3. The maximum absolute atomic E-state index is 6.08. The van der Waals surface area contributed by atoms with Gasteiger partial charge in [0.15, 0.2) is 11.6 Å². The average molecular weight is 286 g/mol. The van der Waals surface area contributed by atoms with Crippen molar-refractivity contribution in [2.24, 2.45) is 16.6 Å². The largest absolute Gasteiger partial charge is 0.370 e. The molecule has 3 rings (SSSR count). The highest BCUT2D eigenvalue weighted by Gasteiger charge is 2.16. The topological polar surface area (TPSA) is 71.8 Å². The van der Waals surface area contributed by atoms with E-state index >= 15 is 0 Å². The Labute approximate surface area is 124 Å². The van der Waals surface area contributed by atoms with Gasteiger partial charge in [-0.1, -0.05) is 13.0 Å². The van der Waals surface area contributed by atoms with E-state index in [9.17, 15) is 0 Å². The van der Waals surface area contributed by atoms with Gasteiger partial charge in [0.2, 0.25) is 0 Å². The van der Waals surface area contributed by atoms with Crippen molar-refractivity contribution >= 4 is 11.6 Å². The number of nitrogens with zero attached hydrogens (tertiary/aromatic N) is 5. The number of aliphatic imine (C=N–C) groups is 1. The Balaban J connectivity index is 1.58. The normalized spacial score (nSPS) is 17.6. The van der Waals surface area contributed by atoms with Gasteiger partial charge >= 0.3 is 0 Å². The van der Waals surface area contributed by atoms with E-state index in [0.717, 1.165) is 36.9 Å². The summed E-state index contributed by atoms with van der Waals surface area (Å²) in [5.41, 5.74) is 6.95. The summed E-state index contributed by atoms with van der Waals surface area (Å²) < 4.78 is 1.99. The lowest BCUT2D eigenvalue weighted by molar-refractivity contribution is 0.277. The predicted molar refractivity (Wildman–Crippen MR) is 83.2 cm³/mol. The zero-order chi connectivity index (χ0) is 14.7. The van der Waals surface area contributed by atoms with Crippen molar-refractivity contribution < 1.29 is 0 Å². The molecule has 1 saturated heterocycles. The van der Waals surface area contributed by atoms with Gasteiger partial charge in [0.1, 0.15) is 5.82 Å². The van der Waals surface area contributed by atoms with Crippen molar-refractivity contribution in [3.05, 3.63) is 30.2 Å². The molecular formula is C15H22N6. The fourth-order valence-corrected chi connectivity index (χ4v) is 2.67. The van der Waals surface area contributed by atoms with Gasteiger partial charge in [-0.05, 0) is 30.9 Å². The molecule has 0 unspecified atom stereocenters. The van der Waals surface area contributed by atoms with E-state index in [1.165, 1.54) is 12.8 Å². The van der Waals surface area contributed by atoms with E-state index in [1.54, 1.807) is 0 Å². The Morgan fingerprint density at radius 2 is 2.14 bits per heavy atom. The van der Waals surface area contributed by atoms with Crippen LogP contribution in [0.2, 0.25) is 0 Å². The number of aromatic nitrogens is 3. The quantitative estimate of drug-likeness (QED) is 0.682. The number of likely N-dealkylation sites (tertiary alicyclic amines) is 1. The molecule has 2 N–H and O–H groups in total. The number of pyridine rings is 1. The minimum atomic E-state index is 0.646. The highest BCUT2D eigenvalue weighted by atomic mass is 15.3. The lowest BCUT2D eigenvalue weighted by Crippen LogP contribution is -2.42. The van der Waals surface area contributed by atoms with Gasteiger partial charge in [-0.3, -0.25) is 9.39 Å². The maximum Gasteiger partial charge on any atom is 0.191 e. The van der Waals surface area contributed by atoms with E-state index in [0.29, 0.717) is 12.5 Å². The third-order valence-corrected chi connectivity index (χ3v) is 4.10. The van der Waals surface area contributed by atoms with E-state index in [4.69, 9.17) is 5.73 Å². The average Bonchev–Trinajstić information content (AvgIpc) is 2.91. The van der Waals surface area contributed by atoms with Crippen LogP contribution in [-0.2, 0) is 6.42 Å². The molecular weight excluding hydrogens is 264 g/mol. The third-order valence-electron chi connectivity index (χ3n) is 4.10. The predicted octanol–water partition coefficient (Wildman–Crippen LogP) is 1.32. The first-order valence-electron chi connectivity index (χ1n) is 7.57. The Morgan fingerprint density at radius 3 is 2.95 bits per heavy atom. The molecule has 21 heavy (non-hydrogen) atoms. The Morgan fingerprint density at radius 1 is 1.33 bits per heavy atom. The van der Waals surface area contributed by atoms with Crippen molar-refractivity contribution in [1.29, 1.82) is 0 Å². The Hall–Kier alpha value is -2.11. The van der Waals surface area contributed by atoms with Crippen molar-refractivity contribution in [2.75, 3.05) is 19.6 Å².